The van der Waals surface area contributed by atoms with E-state index in [1.165, 1.54) is 38.6 Å². The molecular weight excluding hydrogens is 208 g/mol. The Balaban J connectivity index is 2.34. The molecule has 1 saturated carbocycles. The molecule has 1 fully saturated rings. The van der Waals surface area contributed by atoms with Crippen molar-refractivity contribution in [3.05, 3.63) is 0 Å². The van der Waals surface area contributed by atoms with Crippen molar-refractivity contribution in [2.24, 2.45) is 5.41 Å². The van der Waals surface area contributed by atoms with Crippen molar-refractivity contribution >= 4 is 0 Å². The zero-order valence-corrected chi connectivity index (χ0v) is 12.6. The molecule has 2 nitrogen and oxygen atoms in total. The number of hydrogen-bond acceptors (Lipinski definition) is 2. The molecule has 0 unspecified atom stereocenters. The van der Waals surface area contributed by atoms with Gasteiger partial charge in [-0.25, -0.2) is 0 Å². The lowest BCUT2D eigenvalue weighted by Gasteiger charge is -2.37. The van der Waals surface area contributed by atoms with Crippen LogP contribution in [0.5, 0.6) is 0 Å². The Labute approximate surface area is 108 Å². The fourth-order valence-electron chi connectivity index (χ4n) is 2.86. The van der Waals surface area contributed by atoms with Crippen molar-refractivity contribution in [3.63, 3.8) is 0 Å². The molecule has 1 aliphatic carbocycles. The summed E-state index contributed by atoms with van der Waals surface area (Å²) in [6, 6.07) is 1.43. The summed E-state index contributed by atoms with van der Waals surface area (Å²) in [6.45, 7) is 11.5. The average Bonchev–Trinajstić information content (AvgIpc) is 2.27. The van der Waals surface area contributed by atoms with Gasteiger partial charge in [0, 0.05) is 25.2 Å². The summed E-state index contributed by atoms with van der Waals surface area (Å²) in [4.78, 5) is 2.60. The maximum Gasteiger partial charge on any atom is 0.00924 e. The van der Waals surface area contributed by atoms with E-state index in [4.69, 9.17) is 0 Å². The molecule has 0 saturated heterocycles. The highest BCUT2D eigenvalue weighted by molar-refractivity contribution is 4.81. The van der Waals surface area contributed by atoms with Crippen LogP contribution in [0.25, 0.3) is 0 Å². The van der Waals surface area contributed by atoms with E-state index in [-0.39, 0.29) is 0 Å². The number of hydrogen-bond donors (Lipinski definition) is 1. The molecular formula is C15H32N2. The lowest BCUT2D eigenvalue weighted by Crippen LogP contribution is -2.44. The van der Waals surface area contributed by atoms with Gasteiger partial charge in [-0.3, -0.25) is 0 Å². The molecule has 0 radical (unpaired) electrons. The van der Waals surface area contributed by atoms with Gasteiger partial charge in [-0.1, -0.05) is 47.0 Å². The summed E-state index contributed by atoms with van der Waals surface area (Å²) in [6.07, 6.45) is 7.12. The summed E-state index contributed by atoms with van der Waals surface area (Å²) >= 11 is 0. The fraction of sp³-hybridized carbons (Fsp3) is 1.00. The second kappa shape index (κ2) is 6.75. The van der Waals surface area contributed by atoms with Gasteiger partial charge in [-0.15, -0.1) is 0 Å². The first-order valence-electron chi connectivity index (χ1n) is 7.34. The molecule has 0 aromatic rings. The van der Waals surface area contributed by atoms with Gasteiger partial charge in [-0.2, -0.15) is 0 Å². The topological polar surface area (TPSA) is 15.3 Å². The average molecular weight is 240 g/mol. The van der Waals surface area contributed by atoms with Crippen molar-refractivity contribution in [3.8, 4) is 0 Å². The number of nitrogens with one attached hydrogen (secondary N) is 1. The van der Waals surface area contributed by atoms with Crippen LogP contribution in [0.2, 0.25) is 0 Å². The summed E-state index contributed by atoms with van der Waals surface area (Å²) in [5.74, 6) is 0. The van der Waals surface area contributed by atoms with Crippen molar-refractivity contribution in [1.29, 1.82) is 0 Å². The van der Waals surface area contributed by atoms with Crippen LogP contribution in [-0.4, -0.2) is 37.1 Å². The normalized spacial score (nSPS) is 19.2. The van der Waals surface area contributed by atoms with Gasteiger partial charge in [0.1, 0.15) is 0 Å². The molecule has 0 heterocycles. The SMILES string of the molecule is CC(C)NCC(C)(C)CN(C)C1CCCCC1. The van der Waals surface area contributed by atoms with Gasteiger partial charge >= 0.3 is 0 Å². The van der Waals surface area contributed by atoms with Gasteiger partial charge in [0.05, 0.1) is 0 Å². The summed E-state index contributed by atoms with van der Waals surface area (Å²) in [5, 5.41) is 3.57. The second-order valence-corrected chi connectivity index (χ2v) is 6.91. The maximum absolute atomic E-state index is 3.57. The van der Waals surface area contributed by atoms with E-state index < -0.39 is 0 Å². The van der Waals surface area contributed by atoms with Gasteiger partial charge in [0.25, 0.3) is 0 Å². The summed E-state index contributed by atoms with van der Waals surface area (Å²) < 4.78 is 0. The lowest BCUT2D eigenvalue weighted by atomic mass is 9.89. The Hall–Kier alpha value is -0.0800. The third kappa shape index (κ3) is 5.87. The van der Waals surface area contributed by atoms with E-state index in [1.807, 2.05) is 0 Å². The van der Waals surface area contributed by atoms with Crippen LogP contribution in [0, 0.1) is 5.41 Å². The summed E-state index contributed by atoms with van der Waals surface area (Å²) in [5.41, 5.74) is 0.371. The monoisotopic (exact) mass is 240 g/mol. The second-order valence-electron chi connectivity index (χ2n) is 6.91. The molecule has 0 atom stereocenters. The van der Waals surface area contributed by atoms with Crippen LogP contribution in [0.3, 0.4) is 0 Å². The molecule has 2 heteroatoms. The van der Waals surface area contributed by atoms with Gasteiger partial charge in [0.2, 0.25) is 0 Å². The minimum atomic E-state index is 0.371. The minimum Gasteiger partial charge on any atom is -0.314 e. The van der Waals surface area contributed by atoms with Crippen LogP contribution in [-0.2, 0) is 0 Å². The molecule has 17 heavy (non-hydrogen) atoms. The van der Waals surface area contributed by atoms with Crippen LogP contribution < -0.4 is 5.32 Å². The third-order valence-electron chi connectivity index (χ3n) is 3.86. The Morgan fingerprint density at radius 2 is 1.76 bits per heavy atom. The van der Waals surface area contributed by atoms with Crippen molar-refractivity contribution in [2.45, 2.75) is 71.9 Å². The highest BCUT2D eigenvalue weighted by Crippen LogP contribution is 2.24. The van der Waals surface area contributed by atoms with Crippen LogP contribution in [0.4, 0.5) is 0 Å². The minimum absolute atomic E-state index is 0.371. The number of rotatable bonds is 6. The first-order chi connectivity index (χ1) is 7.91. The Morgan fingerprint density at radius 3 is 2.29 bits per heavy atom. The molecule has 1 rings (SSSR count). The quantitative estimate of drug-likeness (QED) is 0.766. The predicted molar refractivity (Wildman–Crippen MR) is 76.4 cm³/mol. The van der Waals surface area contributed by atoms with Gasteiger partial charge in [-0.05, 0) is 25.3 Å². The summed E-state index contributed by atoms with van der Waals surface area (Å²) in [7, 11) is 2.31. The molecule has 1 N–H and O–H groups in total. The Bertz CT molecular complexity index is 205. The van der Waals surface area contributed by atoms with E-state index in [0.717, 1.165) is 12.6 Å². The highest BCUT2D eigenvalue weighted by Gasteiger charge is 2.25. The largest absolute Gasteiger partial charge is 0.314 e. The lowest BCUT2D eigenvalue weighted by molar-refractivity contribution is 0.129. The standard InChI is InChI=1S/C15H32N2/c1-13(2)16-11-15(3,4)12-17(5)14-9-7-6-8-10-14/h13-14,16H,6-12H2,1-5H3. The molecule has 0 amide bonds. The molecule has 0 aromatic heterocycles. The highest BCUT2D eigenvalue weighted by atomic mass is 15.1. The van der Waals surface area contributed by atoms with Crippen LogP contribution >= 0.6 is 0 Å². The van der Waals surface area contributed by atoms with E-state index in [9.17, 15) is 0 Å². The zero-order chi connectivity index (χ0) is 12.9. The van der Waals surface area contributed by atoms with E-state index in [0.29, 0.717) is 11.5 Å². The predicted octanol–water partition coefficient (Wildman–Crippen LogP) is 3.28. The Kier molecular flexibility index (Phi) is 5.94. The molecule has 0 aromatic carbocycles. The van der Waals surface area contributed by atoms with Crippen molar-refractivity contribution < 1.29 is 0 Å². The fourth-order valence-corrected chi connectivity index (χ4v) is 2.86. The first kappa shape index (κ1) is 15.0. The van der Waals surface area contributed by atoms with Gasteiger partial charge < -0.3 is 10.2 Å². The zero-order valence-electron chi connectivity index (χ0n) is 12.6. The molecule has 0 bridgehead atoms. The Morgan fingerprint density at radius 1 is 1.18 bits per heavy atom. The van der Waals surface area contributed by atoms with Crippen molar-refractivity contribution in [1.82, 2.24) is 10.2 Å². The van der Waals surface area contributed by atoms with Crippen LogP contribution in [0.15, 0.2) is 0 Å². The molecule has 1 aliphatic rings. The van der Waals surface area contributed by atoms with E-state index in [1.54, 1.807) is 0 Å². The molecule has 0 aliphatic heterocycles. The van der Waals surface area contributed by atoms with Crippen LogP contribution in [0.1, 0.15) is 59.8 Å². The molecule has 0 spiro atoms. The van der Waals surface area contributed by atoms with Gasteiger partial charge in [0.15, 0.2) is 0 Å². The van der Waals surface area contributed by atoms with Crippen molar-refractivity contribution in [2.75, 3.05) is 20.1 Å². The van der Waals surface area contributed by atoms with E-state index in [2.05, 4.69) is 45.0 Å². The third-order valence-corrected chi connectivity index (χ3v) is 3.86. The maximum atomic E-state index is 3.57. The first-order valence-corrected chi connectivity index (χ1v) is 7.34. The number of nitrogens with zero attached hydrogens (tertiary/aromatic N) is 1. The smallest absolute Gasteiger partial charge is 0.00924 e. The molecule has 102 valence electrons. The van der Waals surface area contributed by atoms with E-state index >= 15 is 0 Å².